The Labute approximate surface area is 165 Å². The summed E-state index contributed by atoms with van der Waals surface area (Å²) in [5, 5.41) is 15.1. The number of nitrogens with zero attached hydrogens (tertiary/aromatic N) is 2. The molecule has 2 aromatic carbocycles. The van der Waals surface area contributed by atoms with E-state index in [0.717, 1.165) is 30.4 Å². The molecule has 0 radical (unpaired) electrons. The first-order valence-electron chi connectivity index (χ1n) is 9.61. The summed E-state index contributed by atoms with van der Waals surface area (Å²) in [5.74, 6) is -0.327. The van der Waals surface area contributed by atoms with Gasteiger partial charge in [-0.2, -0.15) is 0 Å². The minimum Gasteiger partial charge on any atom is -0.318 e. The largest absolute Gasteiger partial charge is 0.335 e. The van der Waals surface area contributed by atoms with E-state index in [9.17, 15) is 14.9 Å². The van der Waals surface area contributed by atoms with Crippen molar-refractivity contribution in [3.8, 4) is 11.1 Å². The van der Waals surface area contributed by atoms with E-state index in [0.29, 0.717) is 17.7 Å². The van der Waals surface area contributed by atoms with Crippen LogP contribution in [-0.2, 0) is 9.63 Å². The van der Waals surface area contributed by atoms with Crippen LogP contribution < -0.4 is 0 Å². The lowest BCUT2D eigenvalue weighted by Gasteiger charge is -2.05. The number of para-hydroxylation sites is 1. The highest BCUT2D eigenvalue weighted by Crippen LogP contribution is 2.29. The molecule has 0 atom stereocenters. The van der Waals surface area contributed by atoms with Crippen LogP contribution in [0.3, 0.4) is 0 Å². The molecule has 0 fully saturated rings. The van der Waals surface area contributed by atoms with Crippen LogP contribution in [0, 0.1) is 10.1 Å². The summed E-state index contributed by atoms with van der Waals surface area (Å²) in [7, 11) is 0. The number of nitro benzene ring substituents is 1. The Hall–Kier alpha value is -3.02. The molecule has 0 unspecified atom stereocenters. The summed E-state index contributed by atoms with van der Waals surface area (Å²) in [6.07, 6.45) is 5.71. The number of benzene rings is 2. The lowest BCUT2D eigenvalue weighted by molar-refractivity contribution is -0.384. The van der Waals surface area contributed by atoms with Gasteiger partial charge in [0.1, 0.15) is 0 Å². The molecule has 6 nitrogen and oxygen atoms in total. The van der Waals surface area contributed by atoms with E-state index in [1.54, 1.807) is 37.3 Å². The normalized spacial score (nSPS) is 11.3. The van der Waals surface area contributed by atoms with Crippen LogP contribution in [0.25, 0.3) is 11.1 Å². The predicted molar refractivity (Wildman–Crippen MR) is 110 cm³/mol. The van der Waals surface area contributed by atoms with Crippen LogP contribution in [0.2, 0.25) is 0 Å². The first kappa shape index (κ1) is 21.3. The van der Waals surface area contributed by atoms with Gasteiger partial charge in [0.15, 0.2) is 0 Å². The number of carbonyl (C=O) groups is 1. The third-order valence-corrected chi connectivity index (χ3v) is 4.48. The molecular weight excluding hydrogens is 356 g/mol. The van der Waals surface area contributed by atoms with Gasteiger partial charge in [0.25, 0.3) is 5.69 Å². The van der Waals surface area contributed by atoms with Crippen molar-refractivity contribution in [3.63, 3.8) is 0 Å². The van der Waals surface area contributed by atoms with Gasteiger partial charge in [-0.25, -0.2) is 4.79 Å². The van der Waals surface area contributed by atoms with Crippen molar-refractivity contribution in [1.29, 1.82) is 0 Å². The number of oxime groups is 1. The maximum Gasteiger partial charge on any atom is 0.335 e. The highest BCUT2D eigenvalue weighted by molar-refractivity contribution is 5.99. The van der Waals surface area contributed by atoms with Crippen molar-refractivity contribution >= 4 is 17.4 Å². The van der Waals surface area contributed by atoms with Gasteiger partial charge < -0.3 is 4.84 Å². The van der Waals surface area contributed by atoms with Gasteiger partial charge in [-0.05, 0) is 30.5 Å². The molecule has 0 saturated carbocycles. The molecule has 28 heavy (non-hydrogen) atoms. The van der Waals surface area contributed by atoms with Crippen LogP contribution in [0.15, 0.2) is 53.7 Å². The molecule has 0 aliphatic rings. The highest BCUT2D eigenvalue weighted by atomic mass is 16.7. The van der Waals surface area contributed by atoms with Crippen LogP contribution in [-0.4, -0.2) is 16.6 Å². The Kier molecular flexibility index (Phi) is 8.34. The van der Waals surface area contributed by atoms with E-state index in [1.165, 1.54) is 18.9 Å². The van der Waals surface area contributed by atoms with Crippen molar-refractivity contribution < 1.29 is 14.6 Å². The van der Waals surface area contributed by atoms with Crippen molar-refractivity contribution in [1.82, 2.24) is 0 Å². The van der Waals surface area contributed by atoms with E-state index in [2.05, 4.69) is 12.1 Å². The Morgan fingerprint density at radius 3 is 2.39 bits per heavy atom. The summed E-state index contributed by atoms with van der Waals surface area (Å²) in [6, 6.07) is 13.8. The Balaban J connectivity index is 1.96. The molecule has 0 aromatic heterocycles. The Morgan fingerprint density at radius 1 is 1.04 bits per heavy atom. The first-order chi connectivity index (χ1) is 13.5. The average molecular weight is 382 g/mol. The van der Waals surface area contributed by atoms with Gasteiger partial charge >= 0.3 is 5.97 Å². The number of rotatable bonds is 10. The lowest BCUT2D eigenvalue weighted by atomic mass is 10.0. The minimum absolute atomic E-state index is 0.0634. The SMILES string of the molecule is CCCCCCCC(=O)O/N=C(\C)c1ccc(-c2ccccc2[N+](=O)[O-])cc1. The molecule has 2 rings (SSSR count). The first-order valence-corrected chi connectivity index (χ1v) is 9.61. The third-order valence-electron chi connectivity index (χ3n) is 4.48. The average Bonchev–Trinajstić information content (AvgIpc) is 2.72. The second kappa shape index (κ2) is 11.0. The molecule has 0 bridgehead atoms. The topological polar surface area (TPSA) is 81.8 Å². The van der Waals surface area contributed by atoms with E-state index in [1.807, 2.05) is 12.1 Å². The second-order valence-electron chi connectivity index (χ2n) is 6.66. The standard InChI is InChI=1S/C22H26N2O4/c1-3-4-5-6-7-12-22(25)28-23-17(2)18-13-15-19(16-14-18)20-10-8-9-11-21(20)24(26)27/h8-11,13-16H,3-7,12H2,1-2H3/b23-17+. The van der Waals surface area contributed by atoms with E-state index in [4.69, 9.17) is 4.84 Å². The van der Waals surface area contributed by atoms with Gasteiger partial charge in [0.05, 0.1) is 16.2 Å². The molecule has 0 saturated heterocycles. The smallest absolute Gasteiger partial charge is 0.318 e. The van der Waals surface area contributed by atoms with Crippen LogP contribution in [0.5, 0.6) is 0 Å². The van der Waals surface area contributed by atoms with Gasteiger partial charge in [0.2, 0.25) is 0 Å². The minimum atomic E-state index is -0.391. The molecule has 0 spiro atoms. The fourth-order valence-electron chi connectivity index (χ4n) is 2.86. The molecule has 6 heteroatoms. The maximum absolute atomic E-state index is 11.8. The van der Waals surface area contributed by atoms with Crippen molar-refractivity contribution in [2.24, 2.45) is 5.16 Å². The van der Waals surface area contributed by atoms with Crippen molar-refractivity contribution in [2.75, 3.05) is 0 Å². The van der Waals surface area contributed by atoms with Gasteiger partial charge in [0, 0.05) is 12.5 Å². The zero-order chi connectivity index (χ0) is 20.4. The third kappa shape index (κ3) is 6.30. The molecule has 0 heterocycles. The number of hydrogen-bond donors (Lipinski definition) is 0. The molecule has 0 N–H and O–H groups in total. The fourth-order valence-corrected chi connectivity index (χ4v) is 2.86. The Bertz CT molecular complexity index is 829. The number of hydrogen-bond acceptors (Lipinski definition) is 5. The fraction of sp³-hybridized carbons (Fsp3) is 0.364. The molecule has 0 aliphatic carbocycles. The molecule has 0 amide bonds. The summed E-state index contributed by atoms with van der Waals surface area (Å²) in [4.78, 5) is 27.5. The lowest BCUT2D eigenvalue weighted by Crippen LogP contribution is -2.03. The monoisotopic (exact) mass is 382 g/mol. The second-order valence-corrected chi connectivity index (χ2v) is 6.66. The van der Waals surface area contributed by atoms with Gasteiger partial charge in [-0.15, -0.1) is 0 Å². The van der Waals surface area contributed by atoms with Gasteiger partial charge in [-0.1, -0.05) is 74.2 Å². The number of carbonyl (C=O) groups excluding carboxylic acids is 1. The molecule has 0 aliphatic heterocycles. The maximum atomic E-state index is 11.8. The van der Waals surface area contributed by atoms with Crippen LogP contribution >= 0.6 is 0 Å². The van der Waals surface area contributed by atoms with Crippen molar-refractivity contribution in [2.45, 2.75) is 52.4 Å². The molecular formula is C22H26N2O4. The molecule has 148 valence electrons. The van der Waals surface area contributed by atoms with Crippen molar-refractivity contribution in [3.05, 3.63) is 64.2 Å². The molecule has 2 aromatic rings. The summed E-state index contributed by atoms with van der Waals surface area (Å²) in [5.41, 5.74) is 2.73. The summed E-state index contributed by atoms with van der Waals surface area (Å²) >= 11 is 0. The number of unbranched alkanes of at least 4 members (excludes halogenated alkanes) is 4. The van der Waals surface area contributed by atoms with Crippen LogP contribution in [0.4, 0.5) is 5.69 Å². The zero-order valence-electron chi connectivity index (χ0n) is 16.4. The number of nitro groups is 1. The zero-order valence-corrected chi connectivity index (χ0v) is 16.4. The van der Waals surface area contributed by atoms with Crippen LogP contribution in [0.1, 0.15) is 57.9 Å². The predicted octanol–water partition coefficient (Wildman–Crippen LogP) is 5.89. The quantitative estimate of drug-likeness (QED) is 0.169. The van der Waals surface area contributed by atoms with E-state index < -0.39 is 4.92 Å². The highest BCUT2D eigenvalue weighted by Gasteiger charge is 2.14. The summed E-state index contributed by atoms with van der Waals surface area (Å²) in [6.45, 7) is 3.91. The van der Waals surface area contributed by atoms with E-state index >= 15 is 0 Å². The van der Waals surface area contributed by atoms with E-state index in [-0.39, 0.29) is 11.7 Å². The van der Waals surface area contributed by atoms with Gasteiger partial charge in [-0.3, -0.25) is 10.1 Å². The Morgan fingerprint density at radius 2 is 1.71 bits per heavy atom. The summed E-state index contributed by atoms with van der Waals surface area (Å²) < 4.78 is 0.